The molecule has 31 heavy (non-hydrogen) atoms. The fourth-order valence-corrected chi connectivity index (χ4v) is 5.22. The van der Waals surface area contributed by atoms with Crippen LogP contribution in [-0.4, -0.2) is 63.9 Å². The van der Waals surface area contributed by atoms with Gasteiger partial charge in [-0.1, -0.05) is 41.9 Å². The summed E-state index contributed by atoms with van der Waals surface area (Å²) in [5, 5.41) is 7.13. The van der Waals surface area contributed by atoms with Crippen LogP contribution in [0, 0.1) is 0 Å². The molecular weight excluding hydrogens is 431 g/mol. The van der Waals surface area contributed by atoms with E-state index >= 15 is 0 Å². The van der Waals surface area contributed by atoms with Gasteiger partial charge in [0.25, 0.3) is 5.91 Å². The Morgan fingerprint density at radius 3 is 2.68 bits per heavy atom. The van der Waals surface area contributed by atoms with Gasteiger partial charge in [-0.15, -0.1) is 0 Å². The van der Waals surface area contributed by atoms with E-state index in [1.54, 1.807) is 29.2 Å². The van der Waals surface area contributed by atoms with Gasteiger partial charge in [0.05, 0.1) is 6.04 Å². The van der Waals surface area contributed by atoms with Gasteiger partial charge in [0.1, 0.15) is 10.8 Å². The van der Waals surface area contributed by atoms with Crippen molar-refractivity contribution in [2.45, 2.75) is 43.6 Å². The third kappa shape index (κ3) is 3.67. The van der Waals surface area contributed by atoms with Gasteiger partial charge >= 0.3 is 6.18 Å². The molecule has 2 saturated heterocycles. The number of nitrogens with zero attached hydrogens (tertiary/aromatic N) is 4. The summed E-state index contributed by atoms with van der Waals surface area (Å²) in [7, 11) is 0. The molecule has 0 spiro atoms. The highest BCUT2D eigenvalue weighted by atomic mass is 35.5. The number of benzene rings is 1. The Labute approximate surface area is 182 Å². The molecule has 4 heterocycles. The van der Waals surface area contributed by atoms with Gasteiger partial charge in [-0.05, 0) is 24.9 Å². The zero-order valence-corrected chi connectivity index (χ0v) is 17.5. The Kier molecular flexibility index (Phi) is 5.13. The maximum Gasteiger partial charge on any atom is 0.410 e. The monoisotopic (exact) mass is 453 g/mol. The Bertz CT molecular complexity index is 979. The molecule has 1 amide bonds. The summed E-state index contributed by atoms with van der Waals surface area (Å²) in [4.78, 5) is 17.2. The highest BCUT2D eigenvalue weighted by Crippen LogP contribution is 2.46. The molecule has 166 valence electrons. The second-order valence-corrected chi connectivity index (χ2v) is 8.82. The number of alkyl halides is 3. The SMILES string of the molecule is O=C(c1nn2c(c1Cl)N[C@@H](c1ccccc1)C[C@@H]2C(F)(F)F)N1CCN2CCC[C@@H]2C1. The second-order valence-electron chi connectivity index (χ2n) is 8.44. The standard InChI is InChI=1S/C21H23ClF3N5O/c22-17-18(20(31)29-10-9-28-8-4-7-14(28)12-29)27-30-16(21(23,24)25)11-15(26-19(17)30)13-5-2-1-3-6-13/h1-3,5-6,14-16,26H,4,7-12H2/t14-,15-,16-/m1/s1. The lowest BCUT2D eigenvalue weighted by atomic mass is 9.97. The van der Waals surface area contributed by atoms with Gasteiger partial charge in [-0.2, -0.15) is 18.3 Å². The van der Waals surface area contributed by atoms with Crippen molar-refractivity contribution in [1.82, 2.24) is 19.6 Å². The quantitative estimate of drug-likeness (QED) is 0.743. The molecule has 0 aliphatic carbocycles. The molecule has 5 rings (SSSR count). The molecule has 0 bridgehead atoms. The van der Waals surface area contributed by atoms with Crippen LogP contribution >= 0.6 is 11.6 Å². The van der Waals surface area contributed by atoms with E-state index in [4.69, 9.17) is 11.6 Å². The number of rotatable bonds is 2. The van der Waals surface area contributed by atoms with E-state index in [0.29, 0.717) is 19.1 Å². The van der Waals surface area contributed by atoms with Crippen LogP contribution in [0.2, 0.25) is 5.02 Å². The largest absolute Gasteiger partial charge is 0.410 e. The lowest BCUT2D eigenvalue weighted by Gasteiger charge is -2.37. The molecule has 0 saturated carbocycles. The van der Waals surface area contributed by atoms with E-state index in [1.165, 1.54) is 0 Å². The van der Waals surface area contributed by atoms with Crippen molar-refractivity contribution in [3.63, 3.8) is 0 Å². The Balaban J connectivity index is 1.47. The maximum absolute atomic E-state index is 13.9. The fraction of sp³-hybridized carbons (Fsp3) is 0.524. The van der Waals surface area contributed by atoms with Crippen LogP contribution < -0.4 is 5.32 Å². The first-order valence-corrected chi connectivity index (χ1v) is 10.9. The number of halogens is 4. The van der Waals surface area contributed by atoms with E-state index in [1.807, 2.05) is 6.07 Å². The third-order valence-electron chi connectivity index (χ3n) is 6.57. The van der Waals surface area contributed by atoms with Crippen LogP contribution in [0.25, 0.3) is 0 Å². The number of fused-ring (bicyclic) bond motifs is 2. The summed E-state index contributed by atoms with van der Waals surface area (Å²) >= 11 is 6.46. The van der Waals surface area contributed by atoms with Gasteiger partial charge in [0, 0.05) is 32.1 Å². The first-order valence-electron chi connectivity index (χ1n) is 10.5. The lowest BCUT2D eigenvalue weighted by Crippen LogP contribution is -2.52. The minimum Gasteiger partial charge on any atom is -0.362 e. The normalized spacial score (nSPS) is 26.3. The molecule has 2 aromatic rings. The minimum atomic E-state index is -4.52. The fourth-order valence-electron chi connectivity index (χ4n) is 4.96. The smallest absolute Gasteiger partial charge is 0.362 e. The molecule has 3 aliphatic heterocycles. The number of anilines is 1. The summed E-state index contributed by atoms with van der Waals surface area (Å²) < 4.78 is 42.6. The molecule has 1 aromatic heterocycles. The van der Waals surface area contributed by atoms with Crippen molar-refractivity contribution in [3.05, 3.63) is 46.6 Å². The van der Waals surface area contributed by atoms with E-state index < -0.39 is 24.2 Å². The Hall–Kier alpha value is -2.26. The van der Waals surface area contributed by atoms with Gasteiger partial charge in [0.2, 0.25) is 0 Å². The van der Waals surface area contributed by atoms with Crippen LogP contribution in [0.15, 0.2) is 30.3 Å². The van der Waals surface area contributed by atoms with E-state index in [0.717, 1.165) is 36.2 Å². The molecule has 3 atom stereocenters. The van der Waals surface area contributed by atoms with Gasteiger partial charge in [-0.3, -0.25) is 9.69 Å². The first-order chi connectivity index (χ1) is 14.8. The molecule has 3 aliphatic rings. The predicted molar refractivity (Wildman–Crippen MR) is 110 cm³/mol. The number of hydrogen-bond donors (Lipinski definition) is 1. The summed E-state index contributed by atoms with van der Waals surface area (Å²) in [5.74, 6) is -0.357. The number of carbonyl (C=O) groups excluding carboxylic acids is 1. The zero-order valence-electron chi connectivity index (χ0n) is 16.8. The summed E-state index contributed by atoms with van der Waals surface area (Å²) in [5.41, 5.74) is 0.615. The molecule has 6 nitrogen and oxygen atoms in total. The zero-order chi connectivity index (χ0) is 21.8. The number of aromatic nitrogens is 2. The van der Waals surface area contributed by atoms with Crippen LogP contribution in [0.1, 0.15) is 47.4 Å². The number of hydrogen-bond acceptors (Lipinski definition) is 4. The molecule has 1 aromatic carbocycles. The summed E-state index contributed by atoms with van der Waals surface area (Å²) in [6.07, 6.45) is -2.63. The minimum absolute atomic E-state index is 0.0475. The average Bonchev–Trinajstić information content (AvgIpc) is 3.36. The first kappa shape index (κ1) is 20.6. The Morgan fingerprint density at radius 1 is 1.16 bits per heavy atom. The number of piperazine rings is 1. The Morgan fingerprint density at radius 2 is 1.94 bits per heavy atom. The van der Waals surface area contributed by atoms with Crippen LogP contribution in [0.5, 0.6) is 0 Å². The topological polar surface area (TPSA) is 53.4 Å². The molecule has 10 heteroatoms. The van der Waals surface area contributed by atoms with E-state index in [9.17, 15) is 18.0 Å². The molecule has 0 radical (unpaired) electrons. The van der Waals surface area contributed by atoms with E-state index in [2.05, 4.69) is 15.3 Å². The van der Waals surface area contributed by atoms with Crippen molar-refractivity contribution in [2.75, 3.05) is 31.5 Å². The van der Waals surface area contributed by atoms with Crippen LogP contribution in [-0.2, 0) is 0 Å². The molecule has 0 unspecified atom stereocenters. The average molecular weight is 454 g/mol. The van der Waals surface area contributed by atoms with Gasteiger partial charge < -0.3 is 10.2 Å². The summed E-state index contributed by atoms with van der Waals surface area (Å²) in [6, 6.07) is 6.79. The van der Waals surface area contributed by atoms with Crippen molar-refractivity contribution in [1.29, 1.82) is 0 Å². The van der Waals surface area contributed by atoms with E-state index in [-0.39, 0.29) is 23.0 Å². The van der Waals surface area contributed by atoms with Crippen molar-refractivity contribution in [3.8, 4) is 0 Å². The number of amides is 1. The third-order valence-corrected chi connectivity index (χ3v) is 6.93. The van der Waals surface area contributed by atoms with Crippen molar-refractivity contribution in [2.24, 2.45) is 0 Å². The highest BCUT2D eigenvalue weighted by molar-refractivity contribution is 6.36. The van der Waals surface area contributed by atoms with Gasteiger partial charge in [0.15, 0.2) is 11.7 Å². The predicted octanol–water partition coefficient (Wildman–Crippen LogP) is 4.12. The lowest BCUT2D eigenvalue weighted by molar-refractivity contribution is -0.173. The van der Waals surface area contributed by atoms with Crippen molar-refractivity contribution < 1.29 is 18.0 Å². The van der Waals surface area contributed by atoms with Crippen LogP contribution in [0.4, 0.5) is 19.0 Å². The number of carbonyl (C=O) groups is 1. The second kappa shape index (κ2) is 7.70. The summed E-state index contributed by atoms with van der Waals surface area (Å²) in [6.45, 7) is 2.88. The van der Waals surface area contributed by atoms with Gasteiger partial charge in [-0.25, -0.2) is 4.68 Å². The van der Waals surface area contributed by atoms with Crippen molar-refractivity contribution >= 4 is 23.3 Å². The maximum atomic E-state index is 13.9. The molecule has 1 N–H and O–H groups in total. The highest BCUT2D eigenvalue weighted by Gasteiger charge is 2.48. The van der Waals surface area contributed by atoms with Crippen LogP contribution in [0.3, 0.4) is 0 Å². The number of nitrogens with one attached hydrogen (secondary N) is 1. The molecule has 2 fully saturated rings. The molecular formula is C21H23ClF3N5O.